The smallest absolute Gasteiger partial charge is 0.147 e. The molecule has 0 amide bonds. The van der Waals surface area contributed by atoms with Crippen molar-refractivity contribution in [2.24, 2.45) is 4.99 Å². The number of aliphatic imine (C=N–C) groups is 1. The number of ether oxygens (including phenoxy) is 1. The molecule has 1 aliphatic rings. The Hall–Kier alpha value is -1.35. The van der Waals surface area contributed by atoms with E-state index in [1.165, 1.54) is 12.8 Å². The van der Waals surface area contributed by atoms with Crippen LogP contribution in [-0.4, -0.2) is 25.9 Å². The Kier molecular flexibility index (Phi) is 3.57. The molecular formula is C13H18N2O. The minimum absolute atomic E-state index is 0.421. The van der Waals surface area contributed by atoms with Gasteiger partial charge >= 0.3 is 0 Å². The van der Waals surface area contributed by atoms with Gasteiger partial charge in [-0.1, -0.05) is 12.1 Å². The normalized spacial score (nSPS) is 20.5. The minimum atomic E-state index is 0.421. The highest BCUT2D eigenvalue weighted by molar-refractivity contribution is 5.71. The number of rotatable bonds is 3. The Morgan fingerprint density at radius 2 is 2.38 bits per heavy atom. The van der Waals surface area contributed by atoms with Gasteiger partial charge in [-0.25, -0.2) is 0 Å². The number of methoxy groups -OCH3 is 1. The molecule has 1 unspecified atom stereocenters. The molecular weight excluding hydrogens is 200 g/mol. The van der Waals surface area contributed by atoms with Gasteiger partial charge in [-0.2, -0.15) is 0 Å². The Bertz CT molecular complexity index is 382. The van der Waals surface area contributed by atoms with Gasteiger partial charge in [0.25, 0.3) is 0 Å². The molecule has 3 heteroatoms. The number of benzene rings is 1. The van der Waals surface area contributed by atoms with Gasteiger partial charge in [-0.15, -0.1) is 0 Å². The van der Waals surface area contributed by atoms with E-state index in [4.69, 9.17) is 4.74 Å². The average molecular weight is 218 g/mol. The molecule has 1 heterocycles. The fraction of sp³-hybridized carbons (Fsp3) is 0.462. The van der Waals surface area contributed by atoms with Crippen LogP contribution >= 0.6 is 0 Å². The zero-order valence-electron chi connectivity index (χ0n) is 9.86. The second-order valence-corrected chi connectivity index (χ2v) is 4.11. The first-order valence-electron chi connectivity index (χ1n) is 5.72. The molecule has 16 heavy (non-hydrogen) atoms. The Morgan fingerprint density at radius 1 is 1.50 bits per heavy atom. The topological polar surface area (TPSA) is 33.6 Å². The maximum absolute atomic E-state index is 5.36. The van der Waals surface area contributed by atoms with Crippen molar-refractivity contribution in [3.8, 4) is 5.75 Å². The molecule has 0 aliphatic carbocycles. The summed E-state index contributed by atoms with van der Waals surface area (Å²) in [6.45, 7) is 3.13. The summed E-state index contributed by atoms with van der Waals surface area (Å²) in [5.41, 5.74) is 2.03. The van der Waals surface area contributed by atoms with Gasteiger partial charge in [0.1, 0.15) is 11.4 Å². The van der Waals surface area contributed by atoms with Crippen molar-refractivity contribution in [3.05, 3.63) is 23.8 Å². The molecule has 0 spiro atoms. The first-order valence-corrected chi connectivity index (χ1v) is 5.72. The fourth-order valence-corrected chi connectivity index (χ4v) is 2.01. The highest BCUT2D eigenvalue weighted by atomic mass is 16.5. The molecule has 1 aromatic rings. The number of hydrogen-bond acceptors (Lipinski definition) is 3. The van der Waals surface area contributed by atoms with Crippen LogP contribution in [0.15, 0.2) is 23.2 Å². The zero-order chi connectivity index (χ0) is 11.4. The van der Waals surface area contributed by atoms with Crippen LogP contribution in [0.5, 0.6) is 5.75 Å². The lowest BCUT2D eigenvalue weighted by molar-refractivity contribution is 0.413. The summed E-state index contributed by atoms with van der Waals surface area (Å²) in [5.74, 6) is 0.872. The van der Waals surface area contributed by atoms with E-state index >= 15 is 0 Å². The third kappa shape index (κ3) is 2.42. The molecule has 1 atom stereocenters. The van der Waals surface area contributed by atoms with Gasteiger partial charge in [-0.05, 0) is 37.9 Å². The van der Waals surface area contributed by atoms with E-state index in [-0.39, 0.29) is 0 Å². The molecule has 0 bridgehead atoms. The van der Waals surface area contributed by atoms with Crippen LogP contribution in [0.1, 0.15) is 18.4 Å². The lowest BCUT2D eigenvalue weighted by Gasteiger charge is -2.08. The highest BCUT2D eigenvalue weighted by Crippen LogP contribution is 2.30. The standard InChI is InChI=1S/C13H18N2O/c1-10-5-3-7-12(13(10)16-2)15-9-11-6-4-8-14-11/h3,5,7,9,11,14H,4,6,8H2,1-2H3. The Labute approximate surface area is 96.5 Å². The van der Waals surface area contributed by atoms with Crippen LogP contribution in [-0.2, 0) is 0 Å². The summed E-state index contributed by atoms with van der Waals surface area (Å²) in [5, 5.41) is 3.39. The van der Waals surface area contributed by atoms with Crippen molar-refractivity contribution in [1.82, 2.24) is 5.32 Å². The summed E-state index contributed by atoms with van der Waals surface area (Å²) >= 11 is 0. The van der Waals surface area contributed by atoms with Gasteiger partial charge in [-0.3, -0.25) is 4.99 Å². The second-order valence-electron chi connectivity index (χ2n) is 4.11. The number of para-hydroxylation sites is 1. The van der Waals surface area contributed by atoms with E-state index in [0.717, 1.165) is 23.5 Å². The van der Waals surface area contributed by atoms with Gasteiger partial charge in [0.15, 0.2) is 0 Å². The van der Waals surface area contributed by atoms with Crippen molar-refractivity contribution >= 4 is 11.9 Å². The van der Waals surface area contributed by atoms with Crippen LogP contribution in [0.4, 0.5) is 5.69 Å². The summed E-state index contributed by atoms with van der Waals surface area (Å²) in [4.78, 5) is 4.51. The molecule has 1 fully saturated rings. The third-order valence-corrected chi connectivity index (χ3v) is 2.89. The molecule has 1 N–H and O–H groups in total. The predicted molar refractivity (Wildman–Crippen MR) is 66.9 cm³/mol. The number of nitrogens with zero attached hydrogens (tertiary/aromatic N) is 1. The number of nitrogens with one attached hydrogen (secondary N) is 1. The van der Waals surface area contributed by atoms with Crippen molar-refractivity contribution < 1.29 is 4.74 Å². The molecule has 0 radical (unpaired) electrons. The van der Waals surface area contributed by atoms with Crippen LogP contribution in [0, 0.1) is 6.92 Å². The van der Waals surface area contributed by atoms with Gasteiger partial charge < -0.3 is 10.1 Å². The number of aryl methyl sites for hydroxylation is 1. The second kappa shape index (κ2) is 5.12. The first-order chi connectivity index (χ1) is 7.81. The van der Waals surface area contributed by atoms with Crippen molar-refractivity contribution in [3.63, 3.8) is 0 Å². The van der Waals surface area contributed by atoms with E-state index in [1.54, 1.807) is 7.11 Å². The molecule has 1 saturated heterocycles. The van der Waals surface area contributed by atoms with Crippen molar-refractivity contribution in [2.75, 3.05) is 13.7 Å². The van der Waals surface area contributed by atoms with Gasteiger partial charge in [0, 0.05) is 12.3 Å². The van der Waals surface area contributed by atoms with E-state index in [1.807, 2.05) is 31.3 Å². The molecule has 86 valence electrons. The summed E-state index contributed by atoms with van der Waals surface area (Å²) < 4.78 is 5.36. The largest absolute Gasteiger partial charge is 0.494 e. The highest BCUT2D eigenvalue weighted by Gasteiger charge is 2.11. The van der Waals surface area contributed by atoms with Gasteiger partial charge in [0.2, 0.25) is 0 Å². The van der Waals surface area contributed by atoms with E-state index < -0.39 is 0 Å². The van der Waals surface area contributed by atoms with E-state index in [2.05, 4.69) is 10.3 Å². The monoisotopic (exact) mass is 218 g/mol. The lowest BCUT2D eigenvalue weighted by atomic mass is 10.2. The molecule has 2 rings (SSSR count). The first kappa shape index (κ1) is 11.1. The van der Waals surface area contributed by atoms with E-state index in [9.17, 15) is 0 Å². The summed E-state index contributed by atoms with van der Waals surface area (Å²) in [6, 6.07) is 6.44. The maximum Gasteiger partial charge on any atom is 0.147 e. The maximum atomic E-state index is 5.36. The van der Waals surface area contributed by atoms with Crippen LogP contribution in [0.25, 0.3) is 0 Å². The minimum Gasteiger partial charge on any atom is -0.494 e. The predicted octanol–water partition coefficient (Wildman–Crippen LogP) is 2.46. The quantitative estimate of drug-likeness (QED) is 0.791. The molecule has 1 aliphatic heterocycles. The summed E-state index contributed by atoms with van der Waals surface area (Å²) in [7, 11) is 1.69. The van der Waals surface area contributed by atoms with Crippen molar-refractivity contribution in [2.45, 2.75) is 25.8 Å². The zero-order valence-corrected chi connectivity index (χ0v) is 9.86. The van der Waals surface area contributed by atoms with Crippen LogP contribution in [0.3, 0.4) is 0 Å². The summed E-state index contributed by atoms with van der Waals surface area (Å²) in [6.07, 6.45) is 4.41. The number of hydrogen-bond donors (Lipinski definition) is 1. The molecule has 0 aromatic heterocycles. The molecule has 1 aromatic carbocycles. The Balaban J connectivity index is 2.16. The lowest BCUT2D eigenvalue weighted by Crippen LogP contribution is -2.22. The molecule has 3 nitrogen and oxygen atoms in total. The van der Waals surface area contributed by atoms with Crippen LogP contribution in [0.2, 0.25) is 0 Å². The van der Waals surface area contributed by atoms with E-state index in [0.29, 0.717) is 6.04 Å². The Morgan fingerprint density at radius 3 is 3.06 bits per heavy atom. The van der Waals surface area contributed by atoms with Crippen molar-refractivity contribution in [1.29, 1.82) is 0 Å². The SMILES string of the molecule is COc1c(C)cccc1N=CC1CCCN1. The fourth-order valence-electron chi connectivity index (χ4n) is 2.01. The average Bonchev–Trinajstić information content (AvgIpc) is 2.79. The van der Waals surface area contributed by atoms with Gasteiger partial charge in [0.05, 0.1) is 7.11 Å². The third-order valence-electron chi connectivity index (χ3n) is 2.89. The van der Waals surface area contributed by atoms with Crippen LogP contribution < -0.4 is 10.1 Å². The molecule has 0 saturated carbocycles.